The molecule has 20 heavy (non-hydrogen) atoms. The Morgan fingerprint density at radius 3 is 2.95 bits per heavy atom. The number of imidazole rings is 1. The van der Waals surface area contributed by atoms with E-state index in [4.69, 9.17) is 4.98 Å². The molecule has 0 aliphatic carbocycles. The van der Waals surface area contributed by atoms with Gasteiger partial charge < -0.3 is 5.32 Å². The number of benzene rings is 1. The number of nitrogens with one attached hydrogen (secondary N) is 1. The van der Waals surface area contributed by atoms with Gasteiger partial charge in [0, 0.05) is 35.6 Å². The van der Waals surface area contributed by atoms with Gasteiger partial charge in [0.2, 0.25) is 0 Å². The van der Waals surface area contributed by atoms with Gasteiger partial charge >= 0.3 is 0 Å². The molecule has 0 spiro atoms. The molecule has 0 bridgehead atoms. The minimum absolute atomic E-state index is 0.993. The Hall–Kier alpha value is -1.65. The molecule has 3 aromatic rings. The Morgan fingerprint density at radius 1 is 1.30 bits per heavy atom. The third kappa shape index (κ3) is 1.72. The van der Waals surface area contributed by atoms with Gasteiger partial charge in [0.15, 0.2) is 4.96 Å². The highest BCUT2D eigenvalue weighted by Gasteiger charge is 2.21. The maximum atomic E-state index is 4.91. The summed E-state index contributed by atoms with van der Waals surface area (Å²) in [5.41, 5.74) is 5.20. The fourth-order valence-electron chi connectivity index (χ4n) is 3.02. The topological polar surface area (TPSA) is 29.3 Å². The molecule has 102 valence electrons. The fraction of sp³-hybridized carbons (Fsp3) is 0.312. The average molecular weight is 283 g/mol. The highest BCUT2D eigenvalue weighted by molar-refractivity contribution is 7.17. The van der Waals surface area contributed by atoms with Gasteiger partial charge in [-0.25, -0.2) is 4.98 Å². The van der Waals surface area contributed by atoms with E-state index in [9.17, 15) is 0 Å². The van der Waals surface area contributed by atoms with Crippen LogP contribution in [0.25, 0.3) is 16.2 Å². The number of thiazole rings is 1. The van der Waals surface area contributed by atoms with Crippen molar-refractivity contribution in [3.05, 3.63) is 46.6 Å². The highest BCUT2D eigenvalue weighted by Crippen LogP contribution is 2.32. The summed E-state index contributed by atoms with van der Waals surface area (Å²) in [7, 11) is 0. The van der Waals surface area contributed by atoms with Crippen LogP contribution in [0.15, 0.2) is 30.3 Å². The Bertz CT molecular complexity index is 755. The van der Waals surface area contributed by atoms with Crippen molar-refractivity contribution in [2.24, 2.45) is 0 Å². The summed E-state index contributed by atoms with van der Waals surface area (Å²) in [5, 5.41) is 3.44. The van der Waals surface area contributed by atoms with E-state index in [0.29, 0.717) is 0 Å². The zero-order valence-electron chi connectivity index (χ0n) is 11.5. The molecule has 1 aliphatic rings. The normalized spacial score (nSPS) is 14.7. The van der Waals surface area contributed by atoms with Crippen LogP contribution in [0.3, 0.4) is 0 Å². The van der Waals surface area contributed by atoms with Gasteiger partial charge in [0.25, 0.3) is 0 Å². The maximum absolute atomic E-state index is 4.91. The molecule has 4 rings (SSSR count). The van der Waals surface area contributed by atoms with Crippen LogP contribution >= 0.6 is 11.3 Å². The number of rotatable bonds is 2. The van der Waals surface area contributed by atoms with Crippen molar-refractivity contribution >= 4 is 16.3 Å². The second-order valence-electron chi connectivity index (χ2n) is 5.14. The zero-order chi connectivity index (χ0) is 13.5. The predicted molar refractivity (Wildman–Crippen MR) is 83.3 cm³/mol. The molecule has 0 saturated heterocycles. The van der Waals surface area contributed by atoms with Crippen molar-refractivity contribution in [2.45, 2.75) is 26.3 Å². The molecule has 0 saturated carbocycles. The van der Waals surface area contributed by atoms with Crippen LogP contribution in [0.2, 0.25) is 0 Å². The van der Waals surface area contributed by atoms with E-state index in [1.54, 1.807) is 0 Å². The van der Waals surface area contributed by atoms with Crippen LogP contribution in [0.4, 0.5) is 0 Å². The van der Waals surface area contributed by atoms with Gasteiger partial charge in [-0.05, 0) is 6.42 Å². The number of aryl methyl sites for hydroxylation is 1. The van der Waals surface area contributed by atoms with Crippen LogP contribution in [0, 0.1) is 0 Å². The summed E-state index contributed by atoms with van der Waals surface area (Å²) in [5.74, 6) is 0. The third-order valence-electron chi connectivity index (χ3n) is 3.95. The van der Waals surface area contributed by atoms with Crippen LogP contribution in [0.5, 0.6) is 0 Å². The number of nitrogens with zero attached hydrogens (tertiary/aromatic N) is 2. The van der Waals surface area contributed by atoms with E-state index in [1.165, 1.54) is 21.8 Å². The van der Waals surface area contributed by atoms with Crippen molar-refractivity contribution < 1.29 is 0 Å². The molecule has 2 aromatic heterocycles. The predicted octanol–water partition coefficient (Wildman–Crippen LogP) is 3.27. The van der Waals surface area contributed by atoms with Crippen LogP contribution in [0.1, 0.15) is 23.2 Å². The van der Waals surface area contributed by atoms with Crippen molar-refractivity contribution in [3.8, 4) is 11.3 Å². The third-order valence-corrected chi connectivity index (χ3v) is 5.04. The first-order chi connectivity index (χ1) is 9.88. The summed E-state index contributed by atoms with van der Waals surface area (Å²) in [6.07, 6.45) is 2.12. The number of hydrogen-bond donors (Lipinski definition) is 1. The Morgan fingerprint density at radius 2 is 2.15 bits per heavy atom. The van der Waals surface area contributed by atoms with Gasteiger partial charge in [-0.15, -0.1) is 0 Å². The maximum Gasteiger partial charge on any atom is 0.194 e. The standard InChI is InChI=1S/C16H17N3S/c1-2-12-15(11-6-4-3-5-7-11)18-16-19(12)13-8-9-17-10-14(13)20-16/h3-7,17H,2,8-10H2,1H3. The SMILES string of the molecule is CCc1c(-c2ccccc2)nc2sc3c(n12)CCNC3. The summed E-state index contributed by atoms with van der Waals surface area (Å²) >= 11 is 1.83. The highest BCUT2D eigenvalue weighted by atomic mass is 32.1. The van der Waals surface area contributed by atoms with Crippen molar-refractivity contribution in [3.63, 3.8) is 0 Å². The van der Waals surface area contributed by atoms with Gasteiger partial charge in [-0.2, -0.15) is 0 Å². The van der Waals surface area contributed by atoms with Gasteiger partial charge in [-0.3, -0.25) is 4.40 Å². The van der Waals surface area contributed by atoms with Crippen molar-refractivity contribution in [1.29, 1.82) is 0 Å². The molecule has 4 heteroatoms. The van der Waals surface area contributed by atoms with Crippen molar-refractivity contribution in [1.82, 2.24) is 14.7 Å². The summed E-state index contributed by atoms with van der Waals surface area (Å²) in [4.78, 5) is 7.51. The van der Waals surface area contributed by atoms with Gasteiger partial charge in [0.05, 0.1) is 11.4 Å². The number of aromatic nitrogens is 2. The number of hydrogen-bond acceptors (Lipinski definition) is 3. The fourth-order valence-corrected chi connectivity index (χ4v) is 4.18. The largest absolute Gasteiger partial charge is 0.311 e. The van der Waals surface area contributed by atoms with E-state index in [0.717, 1.165) is 36.6 Å². The molecule has 0 atom stereocenters. The summed E-state index contributed by atoms with van der Waals surface area (Å²) in [6.45, 7) is 4.29. The summed E-state index contributed by atoms with van der Waals surface area (Å²) in [6, 6.07) is 10.5. The molecule has 3 heterocycles. The molecule has 1 aromatic carbocycles. The smallest absolute Gasteiger partial charge is 0.194 e. The van der Waals surface area contributed by atoms with E-state index in [-0.39, 0.29) is 0 Å². The van der Waals surface area contributed by atoms with Gasteiger partial charge in [0.1, 0.15) is 0 Å². The Kier molecular flexibility index (Phi) is 2.86. The molecule has 0 fully saturated rings. The lowest BCUT2D eigenvalue weighted by molar-refractivity contribution is 0.635. The van der Waals surface area contributed by atoms with Crippen molar-refractivity contribution in [2.75, 3.05) is 6.54 Å². The minimum atomic E-state index is 0.993. The molecule has 0 unspecified atom stereocenters. The molecule has 1 aliphatic heterocycles. The van der Waals surface area contributed by atoms with E-state index in [2.05, 4.69) is 47.0 Å². The molecular formula is C16H17N3S. The zero-order valence-corrected chi connectivity index (χ0v) is 12.3. The second-order valence-corrected chi connectivity index (χ2v) is 6.21. The molecular weight excluding hydrogens is 266 g/mol. The van der Waals surface area contributed by atoms with Crippen LogP contribution in [-0.4, -0.2) is 15.9 Å². The first-order valence-corrected chi connectivity index (χ1v) is 7.98. The Labute approximate surface area is 122 Å². The first-order valence-electron chi connectivity index (χ1n) is 7.16. The second kappa shape index (κ2) is 4.72. The van der Waals surface area contributed by atoms with E-state index < -0.39 is 0 Å². The molecule has 0 radical (unpaired) electrons. The molecule has 0 amide bonds. The lowest BCUT2D eigenvalue weighted by Gasteiger charge is -2.13. The molecule has 1 N–H and O–H groups in total. The monoisotopic (exact) mass is 283 g/mol. The minimum Gasteiger partial charge on any atom is -0.311 e. The van der Waals surface area contributed by atoms with Gasteiger partial charge in [-0.1, -0.05) is 48.6 Å². The van der Waals surface area contributed by atoms with Crippen LogP contribution < -0.4 is 5.32 Å². The Balaban J connectivity index is 1.98. The number of fused-ring (bicyclic) bond motifs is 3. The average Bonchev–Trinajstić information content (AvgIpc) is 3.03. The van der Waals surface area contributed by atoms with Crippen LogP contribution in [-0.2, 0) is 19.4 Å². The first kappa shape index (κ1) is 12.1. The lowest BCUT2D eigenvalue weighted by atomic mass is 10.1. The molecule has 3 nitrogen and oxygen atoms in total. The lowest BCUT2D eigenvalue weighted by Crippen LogP contribution is -2.23. The van der Waals surface area contributed by atoms with E-state index >= 15 is 0 Å². The van der Waals surface area contributed by atoms with E-state index in [1.807, 2.05) is 11.3 Å². The quantitative estimate of drug-likeness (QED) is 0.782. The summed E-state index contributed by atoms with van der Waals surface area (Å²) < 4.78 is 2.41.